The summed E-state index contributed by atoms with van der Waals surface area (Å²) in [4.78, 5) is 11.7. The zero-order valence-corrected chi connectivity index (χ0v) is 16.5. The molecule has 9 nitrogen and oxygen atoms in total. The summed E-state index contributed by atoms with van der Waals surface area (Å²) < 4.78 is 16.8. The molecule has 3 aromatic rings. The second-order valence-corrected chi connectivity index (χ2v) is 7.51. The van der Waals surface area contributed by atoms with Gasteiger partial charge < -0.3 is 19.6 Å². The molecule has 0 bridgehead atoms. The smallest absolute Gasteiger partial charge is 0.285 e. The van der Waals surface area contributed by atoms with Crippen molar-refractivity contribution in [3.63, 3.8) is 0 Å². The lowest BCUT2D eigenvalue weighted by molar-refractivity contribution is -0.118. The van der Waals surface area contributed by atoms with E-state index in [-0.39, 0.29) is 11.7 Å². The summed E-state index contributed by atoms with van der Waals surface area (Å²) in [7, 11) is 1.62. The minimum Gasteiger partial charge on any atom is -0.497 e. The number of hydrazone groups is 1. The van der Waals surface area contributed by atoms with Gasteiger partial charge in [0.25, 0.3) is 11.9 Å². The molecule has 0 saturated carbocycles. The number of carbonyl (C=O) groups is 1. The molecule has 0 atom stereocenters. The van der Waals surface area contributed by atoms with Gasteiger partial charge in [0.05, 0.1) is 19.1 Å². The second-order valence-electron chi connectivity index (χ2n) is 5.28. The van der Waals surface area contributed by atoms with Crippen LogP contribution in [0.3, 0.4) is 0 Å². The van der Waals surface area contributed by atoms with Crippen LogP contribution in [0, 0.1) is 0 Å². The van der Waals surface area contributed by atoms with Gasteiger partial charge in [0.2, 0.25) is 5.13 Å². The number of nitrogens with one attached hydrogen (secondary N) is 1. The first-order valence-corrected chi connectivity index (χ1v) is 9.82. The number of carbonyl (C=O) groups excluding carboxylic acids is 1. The van der Waals surface area contributed by atoms with E-state index in [1.54, 1.807) is 19.2 Å². The number of nitrogens with two attached hydrogens (primary N) is 1. The Hall–Kier alpha value is -3.05. The van der Waals surface area contributed by atoms with Crippen molar-refractivity contribution in [2.45, 2.75) is 10.9 Å². The maximum absolute atomic E-state index is 11.7. The molecule has 11 heteroatoms. The average Bonchev–Trinajstić information content (AvgIpc) is 3.34. The lowest BCUT2D eigenvalue weighted by atomic mass is 10.2. The Morgan fingerprint density at radius 2 is 2.14 bits per heavy atom. The van der Waals surface area contributed by atoms with Crippen molar-refractivity contribution in [2.75, 3.05) is 18.6 Å². The first kappa shape index (κ1) is 19.7. The molecule has 3 N–H and O–H groups in total. The number of hydrogen-bond donors (Lipinski definition) is 2. The molecule has 0 fully saturated rings. The Morgan fingerprint density at radius 3 is 2.86 bits per heavy atom. The van der Waals surface area contributed by atoms with Crippen LogP contribution in [0.15, 0.2) is 50.3 Å². The SMILES string of the molecule is COc1ccc(COc2ccc(/C=N/NC(=O)CSc3nnc(N)s3)o2)cc1. The summed E-state index contributed by atoms with van der Waals surface area (Å²) in [5.41, 5.74) is 8.87. The number of ether oxygens (including phenoxy) is 2. The number of anilines is 1. The molecule has 2 aromatic heterocycles. The highest BCUT2D eigenvalue weighted by Gasteiger charge is 2.06. The molecule has 1 amide bonds. The fourth-order valence-electron chi connectivity index (χ4n) is 1.96. The quantitative estimate of drug-likeness (QED) is 0.308. The molecule has 0 unspecified atom stereocenters. The van der Waals surface area contributed by atoms with Crippen LogP contribution in [0.1, 0.15) is 11.3 Å². The van der Waals surface area contributed by atoms with Gasteiger partial charge in [0.1, 0.15) is 12.4 Å². The van der Waals surface area contributed by atoms with Crippen LogP contribution in [0.25, 0.3) is 0 Å². The summed E-state index contributed by atoms with van der Waals surface area (Å²) in [5.74, 6) is 1.47. The highest BCUT2D eigenvalue weighted by atomic mass is 32.2. The predicted molar refractivity (Wildman–Crippen MR) is 107 cm³/mol. The van der Waals surface area contributed by atoms with Crippen LogP contribution < -0.4 is 20.6 Å². The minimum atomic E-state index is -0.280. The van der Waals surface area contributed by atoms with E-state index in [2.05, 4.69) is 20.7 Å². The number of methoxy groups -OCH3 is 1. The molecule has 0 spiro atoms. The monoisotopic (exact) mass is 419 g/mol. The summed E-state index contributed by atoms with van der Waals surface area (Å²) in [6.07, 6.45) is 1.39. The van der Waals surface area contributed by atoms with Crippen molar-refractivity contribution in [2.24, 2.45) is 5.10 Å². The fraction of sp³-hybridized carbons (Fsp3) is 0.176. The molecule has 0 radical (unpaired) electrons. The van der Waals surface area contributed by atoms with Gasteiger partial charge in [0, 0.05) is 6.07 Å². The molecule has 2 heterocycles. The minimum absolute atomic E-state index is 0.153. The Morgan fingerprint density at radius 1 is 1.32 bits per heavy atom. The zero-order valence-electron chi connectivity index (χ0n) is 14.8. The van der Waals surface area contributed by atoms with Crippen LogP contribution in [0.2, 0.25) is 0 Å². The van der Waals surface area contributed by atoms with Crippen molar-refractivity contribution in [1.82, 2.24) is 15.6 Å². The Labute approximate surface area is 168 Å². The highest BCUT2D eigenvalue weighted by molar-refractivity contribution is 8.01. The van der Waals surface area contributed by atoms with E-state index in [1.807, 2.05) is 24.3 Å². The van der Waals surface area contributed by atoms with Crippen LogP contribution in [0.4, 0.5) is 5.13 Å². The first-order chi connectivity index (χ1) is 13.6. The van der Waals surface area contributed by atoms with Gasteiger partial charge in [-0.25, -0.2) is 5.43 Å². The Bertz CT molecular complexity index is 939. The number of rotatable bonds is 9. The van der Waals surface area contributed by atoms with Crippen LogP contribution in [-0.4, -0.2) is 35.2 Å². The molecule has 28 heavy (non-hydrogen) atoms. The van der Waals surface area contributed by atoms with Gasteiger partial charge in [-0.1, -0.05) is 35.2 Å². The number of hydrogen-bond acceptors (Lipinski definition) is 10. The maximum Gasteiger partial charge on any atom is 0.285 e. The van der Waals surface area contributed by atoms with Crippen LogP contribution in [0.5, 0.6) is 11.7 Å². The summed E-state index contributed by atoms with van der Waals surface area (Å²) in [6, 6.07) is 10.9. The third-order valence-corrected chi connectivity index (χ3v) is 5.16. The van der Waals surface area contributed by atoms with E-state index in [9.17, 15) is 4.79 Å². The second kappa shape index (κ2) is 9.76. The van der Waals surface area contributed by atoms with Crippen molar-refractivity contribution < 1.29 is 18.7 Å². The highest BCUT2D eigenvalue weighted by Crippen LogP contribution is 2.23. The first-order valence-electron chi connectivity index (χ1n) is 8.01. The topological polar surface area (TPSA) is 125 Å². The lowest BCUT2D eigenvalue weighted by Crippen LogP contribution is -2.19. The molecule has 146 valence electrons. The number of aromatic nitrogens is 2. The zero-order chi connectivity index (χ0) is 19.8. The van der Waals surface area contributed by atoms with Gasteiger partial charge in [0.15, 0.2) is 10.1 Å². The van der Waals surface area contributed by atoms with E-state index < -0.39 is 0 Å². The molecule has 0 aliphatic carbocycles. The standard InChI is InChI=1S/C17H17N5O4S2/c1-24-12-4-2-11(3-5-12)9-25-15-7-6-13(26-15)8-19-20-14(23)10-27-17-22-21-16(18)28-17/h2-8H,9-10H2,1H3,(H2,18,21)(H,20,23)/b19-8+. The summed E-state index contributed by atoms with van der Waals surface area (Å²) in [5, 5.41) is 11.7. The Balaban J connectivity index is 1.41. The van der Waals surface area contributed by atoms with Crippen molar-refractivity contribution in [3.8, 4) is 11.7 Å². The molecule has 0 aliphatic heterocycles. The number of furan rings is 1. The normalized spacial score (nSPS) is 10.9. The van der Waals surface area contributed by atoms with E-state index >= 15 is 0 Å². The van der Waals surface area contributed by atoms with Crippen LogP contribution >= 0.6 is 23.1 Å². The van der Waals surface area contributed by atoms with E-state index in [0.717, 1.165) is 11.3 Å². The van der Waals surface area contributed by atoms with Crippen LogP contribution in [-0.2, 0) is 11.4 Å². The summed E-state index contributed by atoms with van der Waals surface area (Å²) in [6.45, 7) is 0.359. The molecule has 0 aliphatic rings. The molecule has 0 saturated heterocycles. The van der Waals surface area contributed by atoms with Gasteiger partial charge in [-0.3, -0.25) is 4.79 Å². The number of nitrogens with zero attached hydrogens (tertiary/aromatic N) is 3. The Kier molecular flexibility index (Phi) is 6.87. The molecular weight excluding hydrogens is 402 g/mol. The number of amides is 1. The summed E-state index contributed by atoms with van der Waals surface area (Å²) >= 11 is 2.46. The van der Waals surface area contributed by atoms with E-state index in [1.165, 1.54) is 29.3 Å². The lowest BCUT2D eigenvalue weighted by Gasteiger charge is -2.04. The largest absolute Gasteiger partial charge is 0.497 e. The number of nitrogen functional groups attached to an aromatic ring is 1. The molecule has 1 aromatic carbocycles. The molecule has 3 rings (SSSR count). The van der Waals surface area contributed by atoms with Gasteiger partial charge in [-0.05, 0) is 23.8 Å². The predicted octanol–water partition coefficient (Wildman–Crippen LogP) is 2.54. The molecular formula is C17H17N5O4S2. The third kappa shape index (κ3) is 5.99. The average molecular weight is 419 g/mol. The number of thioether (sulfide) groups is 1. The van der Waals surface area contributed by atoms with Crippen molar-refractivity contribution >= 4 is 40.4 Å². The third-order valence-electron chi connectivity index (χ3n) is 3.27. The maximum atomic E-state index is 11.7. The van der Waals surface area contributed by atoms with Crippen molar-refractivity contribution in [3.05, 3.63) is 47.7 Å². The van der Waals surface area contributed by atoms with Gasteiger partial charge in [-0.2, -0.15) is 5.10 Å². The van der Waals surface area contributed by atoms with Crippen molar-refractivity contribution in [1.29, 1.82) is 0 Å². The van der Waals surface area contributed by atoms with Gasteiger partial charge >= 0.3 is 0 Å². The van der Waals surface area contributed by atoms with E-state index in [0.29, 0.717) is 27.8 Å². The fourth-order valence-corrected chi connectivity index (χ4v) is 3.39. The van der Waals surface area contributed by atoms with Gasteiger partial charge in [-0.15, -0.1) is 10.2 Å². The van der Waals surface area contributed by atoms with E-state index in [4.69, 9.17) is 19.6 Å². The number of benzene rings is 1.